The van der Waals surface area contributed by atoms with Crippen LogP contribution in [0.15, 0.2) is 60.9 Å². The fourth-order valence-corrected chi connectivity index (χ4v) is 2.54. The smallest absolute Gasteiger partial charge is 0.227 e. The van der Waals surface area contributed by atoms with Crippen molar-refractivity contribution >= 4 is 23.2 Å². The molecule has 0 saturated carbocycles. The number of imidazole rings is 1. The molecule has 0 radical (unpaired) electrons. The second-order valence-corrected chi connectivity index (χ2v) is 6.31. The number of anilines is 1. The van der Waals surface area contributed by atoms with E-state index in [2.05, 4.69) is 10.3 Å². The number of rotatable bonds is 8. The first kappa shape index (κ1) is 18.8. The molecule has 0 fully saturated rings. The van der Waals surface area contributed by atoms with E-state index in [0.717, 1.165) is 5.82 Å². The molecule has 27 heavy (non-hydrogen) atoms. The number of aromatic nitrogens is 2. The zero-order chi connectivity index (χ0) is 19.1. The molecule has 7 heteroatoms. The summed E-state index contributed by atoms with van der Waals surface area (Å²) >= 11 is 5.89. The maximum absolute atomic E-state index is 12.0. The molecule has 0 unspecified atom stereocenters. The number of aryl methyl sites for hydroxylation is 1. The second-order valence-electron chi connectivity index (χ2n) is 5.87. The Morgan fingerprint density at radius 2 is 1.96 bits per heavy atom. The molecule has 6 nitrogen and oxygen atoms in total. The largest absolute Gasteiger partial charge is 0.493 e. The number of carbonyl (C=O) groups excluding carboxylic acids is 1. The number of ether oxygens (including phenoxy) is 2. The van der Waals surface area contributed by atoms with E-state index < -0.39 is 0 Å². The lowest BCUT2D eigenvalue weighted by atomic mass is 10.3. The van der Waals surface area contributed by atoms with Crippen molar-refractivity contribution in [1.29, 1.82) is 0 Å². The van der Waals surface area contributed by atoms with E-state index in [4.69, 9.17) is 21.1 Å². The van der Waals surface area contributed by atoms with E-state index in [1.54, 1.807) is 54.7 Å². The van der Waals surface area contributed by atoms with Crippen LogP contribution in [-0.2, 0) is 18.4 Å². The van der Waals surface area contributed by atoms with Crippen LogP contribution in [0.4, 0.5) is 5.69 Å². The molecule has 1 heterocycles. The van der Waals surface area contributed by atoms with Crippen LogP contribution in [0.1, 0.15) is 12.2 Å². The Labute approximate surface area is 162 Å². The molecule has 0 atom stereocenters. The first-order chi connectivity index (χ1) is 13.1. The molecule has 1 N–H and O–H groups in total. The molecule has 1 aromatic heterocycles. The normalized spacial score (nSPS) is 10.4. The van der Waals surface area contributed by atoms with Crippen molar-refractivity contribution in [1.82, 2.24) is 9.55 Å². The maximum atomic E-state index is 12.0. The molecule has 2 aromatic carbocycles. The molecule has 3 rings (SSSR count). The number of halogens is 1. The molecule has 0 spiro atoms. The Hall–Kier alpha value is -2.99. The zero-order valence-electron chi connectivity index (χ0n) is 14.9. The van der Waals surface area contributed by atoms with Crippen LogP contribution in [0.5, 0.6) is 11.5 Å². The summed E-state index contributed by atoms with van der Waals surface area (Å²) in [5.74, 6) is 2.07. The molecule has 0 bridgehead atoms. The van der Waals surface area contributed by atoms with Gasteiger partial charge in [0.15, 0.2) is 0 Å². The van der Waals surface area contributed by atoms with Gasteiger partial charge >= 0.3 is 0 Å². The van der Waals surface area contributed by atoms with Crippen molar-refractivity contribution in [3.8, 4) is 11.5 Å². The first-order valence-electron chi connectivity index (χ1n) is 8.47. The average molecular weight is 386 g/mol. The van der Waals surface area contributed by atoms with Gasteiger partial charge in [-0.05, 0) is 42.5 Å². The van der Waals surface area contributed by atoms with E-state index in [1.807, 2.05) is 17.8 Å². The lowest BCUT2D eigenvalue weighted by molar-refractivity contribution is -0.116. The van der Waals surface area contributed by atoms with E-state index in [0.29, 0.717) is 28.8 Å². The van der Waals surface area contributed by atoms with Crippen LogP contribution >= 0.6 is 11.6 Å². The van der Waals surface area contributed by atoms with Gasteiger partial charge in [-0.1, -0.05) is 17.7 Å². The number of nitrogens with zero attached hydrogens (tertiary/aromatic N) is 2. The van der Waals surface area contributed by atoms with Gasteiger partial charge in [0.1, 0.15) is 23.9 Å². The van der Waals surface area contributed by atoms with Crippen LogP contribution in [0.25, 0.3) is 0 Å². The van der Waals surface area contributed by atoms with Crippen molar-refractivity contribution in [2.75, 3.05) is 11.9 Å². The number of carbonyl (C=O) groups is 1. The maximum Gasteiger partial charge on any atom is 0.227 e. The lowest BCUT2D eigenvalue weighted by Gasteiger charge is -2.09. The third-order valence-corrected chi connectivity index (χ3v) is 4.06. The van der Waals surface area contributed by atoms with Gasteiger partial charge in [0.25, 0.3) is 0 Å². The topological polar surface area (TPSA) is 65.4 Å². The van der Waals surface area contributed by atoms with Gasteiger partial charge < -0.3 is 19.4 Å². The summed E-state index contributed by atoms with van der Waals surface area (Å²) in [4.78, 5) is 16.2. The number of amides is 1. The number of nitrogens with one attached hydrogen (secondary N) is 1. The van der Waals surface area contributed by atoms with Gasteiger partial charge in [-0.3, -0.25) is 4.79 Å². The highest BCUT2D eigenvalue weighted by molar-refractivity contribution is 6.30. The minimum absolute atomic E-state index is 0.126. The Balaban J connectivity index is 1.42. The Bertz CT molecular complexity index is 893. The van der Waals surface area contributed by atoms with Gasteiger partial charge in [0.2, 0.25) is 5.91 Å². The number of hydrogen-bond donors (Lipinski definition) is 1. The average Bonchev–Trinajstić information content (AvgIpc) is 3.06. The third kappa shape index (κ3) is 5.76. The summed E-state index contributed by atoms with van der Waals surface area (Å²) in [6.07, 6.45) is 3.84. The van der Waals surface area contributed by atoms with Gasteiger partial charge in [-0.2, -0.15) is 0 Å². The summed E-state index contributed by atoms with van der Waals surface area (Å²) in [6, 6.07) is 14.3. The van der Waals surface area contributed by atoms with E-state index in [-0.39, 0.29) is 18.9 Å². The second kappa shape index (κ2) is 9.09. The van der Waals surface area contributed by atoms with Gasteiger partial charge in [0.05, 0.1) is 13.0 Å². The Morgan fingerprint density at radius 3 is 2.67 bits per heavy atom. The van der Waals surface area contributed by atoms with Crippen molar-refractivity contribution in [2.45, 2.75) is 13.0 Å². The summed E-state index contributed by atoms with van der Waals surface area (Å²) < 4.78 is 13.1. The quantitative estimate of drug-likeness (QED) is 0.635. The van der Waals surface area contributed by atoms with E-state index in [1.165, 1.54) is 0 Å². The molecule has 0 saturated heterocycles. The van der Waals surface area contributed by atoms with E-state index in [9.17, 15) is 4.79 Å². The van der Waals surface area contributed by atoms with Crippen LogP contribution < -0.4 is 14.8 Å². The molecule has 0 aliphatic carbocycles. The summed E-state index contributed by atoms with van der Waals surface area (Å²) in [5.41, 5.74) is 0.701. The fourth-order valence-electron chi connectivity index (χ4n) is 2.36. The zero-order valence-corrected chi connectivity index (χ0v) is 15.6. The SMILES string of the molecule is Cn1ccnc1COc1ccc(NC(=O)CCOc2cccc(Cl)c2)cc1. The highest BCUT2D eigenvalue weighted by Gasteiger charge is 2.05. The minimum Gasteiger partial charge on any atom is -0.493 e. The molecule has 1 amide bonds. The number of hydrogen-bond acceptors (Lipinski definition) is 4. The van der Waals surface area contributed by atoms with Crippen LogP contribution in [0.3, 0.4) is 0 Å². The molecule has 140 valence electrons. The fraction of sp³-hybridized carbons (Fsp3) is 0.200. The number of benzene rings is 2. The summed E-state index contributed by atoms with van der Waals surface area (Å²) in [7, 11) is 1.92. The predicted octanol–water partition coefficient (Wildman–Crippen LogP) is 4.06. The molecular weight excluding hydrogens is 366 g/mol. The first-order valence-corrected chi connectivity index (χ1v) is 8.85. The van der Waals surface area contributed by atoms with Crippen molar-refractivity contribution < 1.29 is 14.3 Å². The Morgan fingerprint density at radius 1 is 1.15 bits per heavy atom. The summed E-state index contributed by atoms with van der Waals surface area (Å²) in [6.45, 7) is 0.660. The monoisotopic (exact) mass is 385 g/mol. The van der Waals surface area contributed by atoms with Crippen LogP contribution in [0, 0.1) is 0 Å². The Kier molecular flexibility index (Phi) is 6.33. The highest BCUT2D eigenvalue weighted by Crippen LogP contribution is 2.18. The van der Waals surface area contributed by atoms with Gasteiger partial charge in [-0.15, -0.1) is 0 Å². The minimum atomic E-state index is -0.126. The molecule has 0 aliphatic heterocycles. The van der Waals surface area contributed by atoms with Crippen molar-refractivity contribution in [2.24, 2.45) is 7.05 Å². The summed E-state index contributed by atoms with van der Waals surface area (Å²) in [5, 5.41) is 3.43. The molecule has 3 aromatic rings. The van der Waals surface area contributed by atoms with Crippen molar-refractivity contribution in [3.63, 3.8) is 0 Å². The third-order valence-electron chi connectivity index (χ3n) is 3.82. The van der Waals surface area contributed by atoms with Crippen molar-refractivity contribution in [3.05, 3.63) is 71.8 Å². The van der Waals surface area contributed by atoms with E-state index >= 15 is 0 Å². The van der Waals surface area contributed by atoms with Gasteiger partial charge in [0, 0.05) is 30.2 Å². The molecule has 0 aliphatic rings. The lowest BCUT2D eigenvalue weighted by Crippen LogP contribution is -2.15. The van der Waals surface area contributed by atoms with Gasteiger partial charge in [-0.25, -0.2) is 4.98 Å². The standard InChI is InChI=1S/C20H20ClN3O3/c1-24-11-10-22-19(24)14-27-17-7-5-16(6-8-17)23-20(25)9-12-26-18-4-2-3-15(21)13-18/h2-8,10-11,13H,9,12,14H2,1H3,(H,23,25). The predicted molar refractivity (Wildman–Crippen MR) is 104 cm³/mol. The van der Waals surface area contributed by atoms with Crippen LogP contribution in [0.2, 0.25) is 5.02 Å². The molecular formula is C20H20ClN3O3. The highest BCUT2D eigenvalue weighted by atomic mass is 35.5. The van der Waals surface area contributed by atoms with Crippen LogP contribution in [-0.4, -0.2) is 22.1 Å².